The first kappa shape index (κ1) is 18.6. The molecule has 1 N–H and O–H groups in total. The van der Waals surface area contributed by atoms with Gasteiger partial charge < -0.3 is 24.4 Å². The van der Waals surface area contributed by atoms with Gasteiger partial charge in [-0.15, -0.1) is 0 Å². The summed E-state index contributed by atoms with van der Waals surface area (Å²) in [6.45, 7) is 5.10. The third-order valence-corrected chi connectivity index (χ3v) is 7.09. The van der Waals surface area contributed by atoms with Crippen LogP contribution in [0, 0.1) is 0 Å². The van der Waals surface area contributed by atoms with Gasteiger partial charge in [0.1, 0.15) is 17.8 Å². The lowest BCUT2D eigenvalue weighted by atomic mass is 9.74. The summed E-state index contributed by atoms with van der Waals surface area (Å²) in [5.74, 6) is 0.947. The lowest BCUT2D eigenvalue weighted by molar-refractivity contribution is 0.0393. The summed E-state index contributed by atoms with van der Waals surface area (Å²) in [6, 6.07) is 10.9. The minimum absolute atomic E-state index is 0.0337. The molecule has 2 amide bonds. The molecule has 1 spiro atoms. The van der Waals surface area contributed by atoms with E-state index in [0.717, 1.165) is 49.3 Å². The molecule has 2 fully saturated rings. The number of hydrogen-bond donors (Lipinski definition) is 1. The van der Waals surface area contributed by atoms with E-state index in [-0.39, 0.29) is 11.4 Å². The Morgan fingerprint density at radius 3 is 2.61 bits per heavy atom. The van der Waals surface area contributed by atoms with Crippen molar-refractivity contribution in [3.63, 3.8) is 0 Å². The standard InChI is InChI=1S/C23H26N6O2/c30-22(28-11-13-31-14-12-28)27-9-6-23(7-10-27)15-29(19-4-2-1-3-18(19)23)21-17-5-8-24-20(17)25-16-26-21/h1-5,8,16H,6-7,9-15H2,(H,24,25,26). The minimum Gasteiger partial charge on any atom is -0.378 e. The number of carbonyl (C=O) groups is 1. The van der Waals surface area contributed by atoms with Gasteiger partial charge in [-0.05, 0) is 30.5 Å². The monoisotopic (exact) mass is 418 g/mol. The van der Waals surface area contributed by atoms with Crippen LogP contribution in [0.3, 0.4) is 0 Å². The van der Waals surface area contributed by atoms with Gasteiger partial charge in [-0.1, -0.05) is 18.2 Å². The average molecular weight is 419 g/mol. The number of H-pyrrole nitrogens is 1. The zero-order valence-corrected chi connectivity index (χ0v) is 17.5. The molecule has 0 aliphatic carbocycles. The molecular weight excluding hydrogens is 392 g/mol. The van der Waals surface area contributed by atoms with Crippen LogP contribution in [0.5, 0.6) is 0 Å². The van der Waals surface area contributed by atoms with Crippen LogP contribution in [0.1, 0.15) is 18.4 Å². The van der Waals surface area contributed by atoms with E-state index in [1.807, 2.05) is 22.1 Å². The summed E-state index contributed by atoms with van der Waals surface area (Å²) in [5, 5.41) is 1.04. The number of morpholine rings is 1. The van der Waals surface area contributed by atoms with Gasteiger partial charge in [0.15, 0.2) is 0 Å². The quantitative estimate of drug-likeness (QED) is 0.658. The van der Waals surface area contributed by atoms with Crippen LogP contribution in [0.2, 0.25) is 0 Å². The molecule has 31 heavy (non-hydrogen) atoms. The number of benzene rings is 1. The molecule has 8 nitrogen and oxygen atoms in total. The van der Waals surface area contributed by atoms with Gasteiger partial charge in [-0.2, -0.15) is 0 Å². The minimum atomic E-state index is 0.0337. The number of para-hydroxylation sites is 1. The highest BCUT2D eigenvalue weighted by Gasteiger charge is 2.46. The second kappa shape index (κ2) is 7.23. The van der Waals surface area contributed by atoms with Crippen LogP contribution in [0.25, 0.3) is 11.0 Å². The molecule has 0 unspecified atom stereocenters. The fraction of sp³-hybridized carbons (Fsp3) is 0.435. The summed E-state index contributed by atoms with van der Waals surface area (Å²) in [7, 11) is 0. The molecule has 0 radical (unpaired) electrons. The smallest absolute Gasteiger partial charge is 0.320 e. The van der Waals surface area contributed by atoms with Gasteiger partial charge >= 0.3 is 6.03 Å². The topological polar surface area (TPSA) is 77.6 Å². The molecule has 3 aliphatic heterocycles. The fourth-order valence-electron chi connectivity index (χ4n) is 5.40. The normalized spacial score (nSPS) is 20.5. The second-order valence-electron chi connectivity index (χ2n) is 8.69. The van der Waals surface area contributed by atoms with Crippen LogP contribution < -0.4 is 4.90 Å². The van der Waals surface area contributed by atoms with E-state index in [4.69, 9.17) is 4.74 Å². The van der Waals surface area contributed by atoms with Gasteiger partial charge in [0.05, 0.1) is 18.6 Å². The molecule has 1 aromatic carbocycles. The van der Waals surface area contributed by atoms with E-state index in [1.54, 1.807) is 6.33 Å². The molecule has 2 saturated heterocycles. The Morgan fingerprint density at radius 1 is 1.00 bits per heavy atom. The van der Waals surface area contributed by atoms with Gasteiger partial charge in [-0.25, -0.2) is 14.8 Å². The number of aromatic nitrogens is 3. The van der Waals surface area contributed by atoms with E-state index in [2.05, 4.69) is 44.1 Å². The molecule has 6 rings (SSSR count). The largest absolute Gasteiger partial charge is 0.378 e. The number of urea groups is 1. The van der Waals surface area contributed by atoms with Crippen molar-refractivity contribution < 1.29 is 9.53 Å². The summed E-state index contributed by atoms with van der Waals surface area (Å²) in [5.41, 5.74) is 3.48. The zero-order valence-electron chi connectivity index (χ0n) is 17.5. The van der Waals surface area contributed by atoms with Gasteiger partial charge in [0, 0.05) is 50.0 Å². The Bertz CT molecular complexity index is 1110. The lowest BCUT2D eigenvalue weighted by Gasteiger charge is -2.42. The number of rotatable bonds is 1. The van der Waals surface area contributed by atoms with Gasteiger partial charge in [0.2, 0.25) is 0 Å². The highest BCUT2D eigenvalue weighted by atomic mass is 16.5. The van der Waals surface area contributed by atoms with Crippen molar-refractivity contribution in [2.45, 2.75) is 18.3 Å². The molecule has 3 aliphatic rings. The maximum atomic E-state index is 13.0. The Kier molecular flexibility index (Phi) is 4.34. The van der Waals surface area contributed by atoms with E-state index >= 15 is 0 Å². The highest BCUT2D eigenvalue weighted by Crippen LogP contribution is 2.50. The van der Waals surface area contributed by atoms with Gasteiger partial charge in [-0.3, -0.25) is 0 Å². The number of nitrogens with zero attached hydrogens (tertiary/aromatic N) is 5. The van der Waals surface area contributed by atoms with Crippen molar-refractivity contribution in [1.29, 1.82) is 0 Å². The number of piperidine rings is 1. The second-order valence-corrected chi connectivity index (χ2v) is 8.69. The van der Waals surface area contributed by atoms with Crippen LogP contribution in [0.15, 0.2) is 42.9 Å². The maximum absolute atomic E-state index is 13.0. The maximum Gasteiger partial charge on any atom is 0.320 e. The van der Waals surface area contributed by atoms with Crippen LogP contribution >= 0.6 is 0 Å². The Hall–Kier alpha value is -3.13. The molecule has 0 bridgehead atoms. The van der Waals surface area contributed by atoms with Crippen molar-refractivity contribution in [2.75, 3.05) is 50.8 Å². The van der Waals surface area contributed by atoms with Crippen LogP contribution in [-0.4, -0.2) is 76.7 Å². The molecule has 5 heterocycles. The van der Waals surface area contributed by atoms with Crippen molar-refractivity contribution >= 4 is 28.6 Å². The fourth-order valence-corrected chi connectivity index (χ4v) is 5.40. The molecular formula is C23H26N6O2. The number of likely N-dealkylation sites (tertiary alicyclic amines) is 1. The Morgan fingerprint density at radius 2 is 1.77 bits per heavy atom. The number of anilines is 2. The number of amides is 2. The summed E-state index contributed by atoms with van der Waals surface area (Å²) >= 11 is 0. The van der Waals surface area contributed by atoms with Crippen molar-refractivity contribution in [1.82, 2.24) is 24.8 Å². The van der Waals surface area contributed by atoms with Crippen LogP contribution in [-0.2, 0) is 10.2 Å². The summed E-state index contributed by atoms with van der Waals surface area (Å²) in [6.07, 6.45) is 5.46. The third kappa shape index (κ3) is 2.96. The first-order chi connectivity index (χ1) is 15.3. The van der Waals surface area contributed by atoms with Crippen molar-refractivity contribution in [3.8, 4) is 0 Å². The first-order valence-electron chi connectivity index (χ1n) is 11.0. The summed E-state index contributed by atoms with van der Waals surface area (Å²) < 4.78 is 5.40. The van der Waals surface area contributed by atoms with Crippen LogP contribution in [0.4, 0.5) is 16.3 Å². The number of hydrogen-bond acceptors (Lipinski definition) is 5. The number of fused-ring (bicyclic) bond motifs is 3. The molecule has 0 atom stereocenters. The van der Waals surface area contributed by atoms with E-state index in [1.165, 1.54) is 11.3 Å². The first-order valence-corrected chi connectivity index (χ1v) is 11.0. The Labute approximate surface area is 180 Å². The summed E-state index contributed by atoms with van der Waals surface area (Å²) in [4.78, 5) is 31.5. The average Bonchev–Trinajstić information content (AvgIpc) is 3.43. The number of carbonyl (C=O) groups excluding carboxylic acids is 1. The highest BCUT2D eigenvalue weighted by molar-refractivity contribution is 5.91. The third-order valence-electron chi connectivity index (χ3n) is 7.09. The molecule has 0 saturated carbocycles. The number of aromatic amines is 1. The van der Waals surface area contributed by atoms with Crippen molar-refractivity contribution in [3.05, 3.63) is 48.4 Å². The van der Waals surface area contributed by atoms with Crippen molar-refractivity contribution in [2.24, 2.45) is 0 Å². The van der Waals surface area contributed by atoms with E-state index in [9.17, 15) is 4.79 Å². The SMILES string of the molecule is O=C(N1CCOCC1)N1CCC2(CC1)CN(c1ncnc3[nH]ccc13)c1ccccc12. The molecule has 2 aromatic heterocycles. The lowest BCUT2D eigenvalue weighted by Crippen LogP contribution is -2.53. The number of nitrogens with one attached hydrogen (secondary N) is 1. The molecule has 3 aromatic rings. The zero-order chi connectivity index (χ0) is 20.8. The van der Waals surface area contributed by atoms with E-state index in [0.29, 0.717) is 26.3 Å². The number of ether oxygens (including phenoxy) is 1. The molecule has 160 valence electrons. The van der Waals surface area contributed by atoms with E-state index < -0.39 is 0 Å². The van der Waals surface area contributed by atoms with Gasteiger partial charge in [0.25, 0.3) is 0 Å². The Balaban J connectivity index is 1.28. The predicted molar refractivity (Wildman–Crippen MR) is 118 cm³/mol. The molecule has 8 heteroatoms. The predicted octanol–water partition coefficient (Wildman–Crippen LogP) is 2.90.